The molecule has 3 aliphatic heterocycles. The fourth-order valence-corrected chi connectivity index (χ4v) is 3.74. The van der Waals surface area contributed by atoms with Crippen molar-refractivity contribution >= 4 is 23.2 Å². The van der Waals surface area contributed by atoms with E-state index in [4.69, 9.17) is 16.3 Å². The minimum atomic E-state index is 0.335. The van der Waals surface area contributed by atoms with Gasteiger partial charge in [-0.2, -0.15) is 9.97 Å². The molecular weight excluding hydrogens is 276 g/mol. The van der Waals surface area contributed by atoms with E-state index in [1.54, 1.807) is 0 Å². The number of hydrogen-bond donors (Lipinski definition) is 0. The molecule has 2 fully saturated rings. The molecule has 2 saturated heterocycles. The Balaban J connectivity index is 1.81. The van der Waals surface area contributed by atoms with Gasteiger partial charge >= 0.3 is 0 Å². The Hall–Kier alpha value is -1.23. The van der Waals surface area contributed by atoms with Gasteiger partial charge in [0.1, 0.15) is 0 Å². The molecule has 0 saturated carbocycles. The quantitative estimate of drug-likeness (QED) is 0.744. The van der Waals surface area contributed by atoms with E-state index < -0.39 is 0 Å². The smallest absolute Gasteiger partial charge is 0.226 e. The van der Waals surface area contributed by atoms with E-state index in [-0.39, 0.29) is 0 Å². The number of aromatic nitrogens is 2. The summed E-state index contributed by atoms with van der Waals surface area (Å²) in [6.07, 6.45) is 5.94. The van der Waals surface area contributed by atoms with Crippen LogP contribution in [0.25, 0.3) is 0 Å². The van der Waals surface area contributed by atoms with Crippen LogP contribution in [0.4, 0.5) is 11.6 Å². The lowest BCUT2D eigenvalue weighted by molar-refractivity contribution is 0.309. The molecule has 0 aromatic carbocycles. The largest absolute Gasteiger partial charge is 0.486 e. The maximum Gasteiger partial charge on any atom is 0.226 e. The van der Waals surface area contributed by atoms with Gasteiger partial charge < -0.3 is 14.5 Å². The molecule has 1 aromatic rings. The minimum absolute atomic E-state index is 0.335. The summed E-state index contributed by atoms with van der Waals surface area (Å²) >= 11 is 6.17. The van der Waals surface area contributed by atoms with Gasteiger partial charge in [-0.25, -0.2) is 0 Å². The van der Waals surface area contributed by atoms with Crippen molar-refractivity contribution < 1.29 is 4.74 Å². The first-order valence-electron chi connectivity index (χ1n) is 7.55. The lowest BCUT2D eigenvalue weighted by Crippen LogP contribution is -2.29. The van der Waals surface area contributed by atoms with Crippen molar-refractivity contribution in [1.29, 1.82) is 0 Å². The van der Waals surface area contributed by atoms with Gasteiger partial charge in [-0.3, -0.25) is 0 Å². The SMILES string of the molecule is Clc1nc(N2CCCC2)c2c(n1)N1CCCC1CCO2. The second kappa shape index (κ2) is 4.95. The van der Waals surface area contributed by atoms with Gasteiger partial charge in [0.2, 0.25) is 11.0 Å². The third-order valence-corrected chi connectivity index (χ3v) is 4.72. The first-order valence-corrected chi connectivity index (χ1v) is 7.92. The minimum Gasteiger partial charge on any atom is -0.486 e. The van der Waals surface area contributed by atoms with Crippen LogP contribution >= 0.6 is 11.6 Å². The molecule has 0 bridgehead atoms. The molecule has 0 spiro atoms. The summed E-state index contributed by atoms with van der Waals surface area (Å²) in [7, 11) is 0. The van der Waals surface area contributed by atoms with Crippen LogP contribution < -0.4 is 14.5 Å². The monoisotopic (exact) mass is 294 g/mol. The number of halogens is 1. The Morgan fingerprint density at radius 3 is 2.65 bits per heavy atom. The van der Waals surface area contributed by atoms with Gasteiger partial charge in [0.25, 0.3) is 0 Å². The Kier molecular flexibility index (Phi) is 3.10. The van der Waals surface area contributed by atoms with E-state index in [9.17, 15) is 0 Å². The van der Waals surface area contributed by atoms with Crippen molar-refractivity contribution in [1.82, 2.24) is 9.97 Å². The van der Waals surface area contributed by atoms with Gasteiger partial charge in [-0.1, -0.05) is 0 Å². The third-order valence-electron chi connectivity index (χ3n) is 4.55. The summed E-state index contributed by atoms with van der Waals surface area (Å²) in [4.78, 5) is 13.6. The fraction of sp³-hybridized carbons (Fsp3) is 0.714. The van der Waals surface area contributed by atoms with Crippen LogP contribution in [-0.2, 0) is 0 Å². The zero-order chi connectivity index (χ0) is 13.5. The van der Waals surface area contributed by atoms with Crippen LogP contribution in [0, 0.1) is 0 Å². The predicted octanol–water partition coefficient (Wildman–Crippen LogP) is 2.48. The molecule has 0 radical (unpaired) electrons. The van der Waals surface area contributed by atoms with Crippen molar-refractivity contribution in [2.24, 2.45) is 0 Å². The maximum absolute atomic E-state index is 6.17. The number of nitrogens with zero attached hydrogens (tertiary/aromatic N) is 4. The molecule has 20 heavy (non-hydrogen) atoms. The van der Waals surface area contributed by atoms with Crippen molar-refractivity contribution in [3.63, 3.8) is 0 Å². The van der Waals surface area contributed by atoms with Crippen LogP contribution in [0.15, 0.2) is 0 Å². The van der Waals surface area contributed by atoms with E-state index in [2.05, 4.69) is 19.8 Å². The Bertz CT molecular complexity index is 518. The predicted molar refractivity (Wildman–Crippen MR) is 79.0 cm³/mol. The van der Waals surface area contributed by atoms with E-state index in [0.29, 0.717) is 11.3 Å². The van der Waals surface area contributed by atoms with E-state index in [0.717, 1.165) is 50.0 Å². The van der Waals surface area contributed by atoms with Gasteiger partial charge in [-0.05, 0) is 37.3 Å². The van der Waals surface area contributed by atoms with Crippen molar-refractivity contribution in [2.45, 2.75) is 38.1 Å². The van der Waals surface area contributed by atoms with Crippen molar-refractivity contribution in [3.05, 3.63) is 5.28 Å². The molecule has 1 unspecified atom stereocenters. The van der Waals surface area contributed by atoms with E-state index >= 15 is 0 Å². The molecule has 0 N–H and O–H groups in total. The first-order chi connectivity index (χ1) is 9.83. The maximum atomic E-state index is 6.17. The van der Waals surface area contributed by atoms with Crippen molar-refractivity contribution in [2.75, 3.05) is 36.0 Å². The number of ether oxygens (including phenoxy) is 1. The number of rotatable bonds is 1. The van der Waals surface area contributed by atoms with Gasteiger partial charge in [0.05, 0.1) is 6.61 Å². The average Bonchev–Trinajstić information content (AvgIpc) is 3.08. The molecule has 0 aliphatic carbocycles. The second-order valence-electron chi connectivity index (χ2n) is 5.79. The highest BCUT2D eigenvalue weighted by Gasteiger charge is 2.34. The molecule has 108 valence electrons. The molecule has 0 amide bonds. The standard InChI is InChI=1S/C14H19ClN4O/c15-14-16-12(18-6-1-2-7-18)11-13(17-14)19-8-3-4-10(19)5-9-20-11/h10H,1-9H2. The third kappa shape index (κ3) is 1.99. The normalized spacial score (nSPS) is 25.1. The van der Waals surface area contributed by atoms with Gasteiger partial charge in [0.15, 0.2) is 11.6 Å². The molecule has 4 heterocycles. The molecule has 3 aliphatic rings. The highest BCUT2D eigenvalue weighted by Crippen LogP contribution is 2.42. The summed E-state index contributed by atoms with van der Waals surface area (Å²) < 4.78 is 6.02. The summed E-state index contributed by atoms with van der Waals surface area (Å²) in [5.41, 5.74) is 0. The first kappa shape index (κ1) is 12.5. The number of anilines is 2. The zero-order valence-electron chi connectivity index (χ0n) is 11.5. The fourth-order valence-electron chi connectivity index (χ4n) is 3.58. The summed E-state index contributed by atoms with van der Waals surface area (Å²) in [6.45, 7) is 3.87. The molecule has 1 atom stereocenters. The van der Waals surface area contributed by atoms with Gasteiger partial charge in [0, 0.05) is 32.1 Å². The summed E-state index contributed by atoms with van der Waals surface area (Å²) in [5, 5.41) is 0.335. The topological polar surface area (TPSA) is 41.5 Å². The van der Waals surface area contributed by atoms with E-state index in [1.807, 2.05) is 0 Å². The molecular formula is C14H19ClN4O. The Morgan fingerprint density at radius 2 is 1.80 bits per heavy atom. The van der Waals surface area contributed by atoms with Crippen LogP contribution in [-0.4, -0.2) is 42.3 Å². The second-order valence-corrected chi connectivity index (χ2v) is 6.13. The molecule has 5 nitrogen and oxygen atoms in total. The lowest BCUT2D eigenvalue weighted by Gasteiger charge is -2.25. The Labute approximate surface area is 123 Å². The van der Waals surface area contributed by atoms with Crippen molar-refractivity contribution in [3.8, 4) is 5.75 Å². The number of fused-ring (bicyclic) bond motifs is 3. The molecule has 6 heteroatoms. The average molecular weight is 295 g/mol. The van der Waals surface area contributed by atoms with Crippen LogP contribution in [0.2, 0.25) is 5.28 Å². The highest BCUT2D eigenvalue weighted by molar-refractivity contribution is 6.28. The summed E-state index contributed by atoms with van der Waals surface area (Å²) in [5.74, 6) is 2.65. The zero-order valence-corrected chi connectivity index (χ0v) is 12.3. The Morgan fingerprint density at radius 1 is 1.00 bits per heavy atom. The molecule has 1 aromatic heterocycles. The van der Waals surface area contributed by atoms with Crippen LogP contribution in [0.3, 0.4) is 0 Å². The van der Waals surface area contributed by atoms with Gasteiger partial charge in [-0.15, -0.1) is 0 Å². The highest BCUT2D eigenvalue weighted by atomic mass is 35.5. The lowest BCUT2D eigenvalue weighted by atomic mass is 10.1. The number of hydrogen-bond acceptors (Lipinski definition) is 5. The molecule has 4 rings (SSSR count). The van der Waals surface area contributed by atoms with Crippen LogP contribution in [0.5, 0.6) is 5.75 Å². The van der Waals surface area contributed by atoms with E-state index in [1.165, 1.54) is 25.7 Å². The van der Waals surface area contributed by atoms with Crippen LogP contribution in [0.1, 0.15) is 32.1 Å². The summed E-state index contributed by atoms with van der Waals surface area (Å²) in [6, 6.07) is 0.550.